The first-order valence-electron chi connectivity index (χ1n) is 9.95. The van der Waals surface area contributed by atoms with Gasteiger partial charge < -0.3 is 4.90 Å². The highest BCUT2D eigenvalue weighted by molar-refractivity contribution is 6.06. The van der Waals surface area contributed by atoms with Gasteiger partial charge in [0.1, 0.15) is 0 Å². The fraction of sp³-hybridized carbons (Fsp3) is 0.208. The molecule has 0 fully saturated rings. The van der Waals surface area contributed by atoms with E-state index in [1.54, 1.807) is 6.20 Å². The minimum atomic E-state index is 0.0689. The molecule has 0 atom stereocenters. The van der Waals surface area contributed by atoms with Crippen LogP contribution in [-0.2, 0) is 19.9 Å². The summed E-state index contributed by atoms with van der Waals surface area (Å²) in [6.45, 7) is 1.36. The molecule has 0 N–H and O–H groups in total. The molecule has 5 nitrogen and oxygen atoms in total. The molecule has 0 bridgehead atoms. The first-order chi connectivity index (χ1) is 14.2. The monoisotopic (exact) mass is 382 g/mol. The van der Waals surface area contributed by atoms with Crippen molar-refractivity contribution in [2.75, 3.05) is 13.1 Å². The summed E-state index contributed by atoms with van der Waals surface area (Å²) >= 11 is 0. The lowest BCUT2D eigenvalue weighted by Gasteiger charge is -2.21. The minimum Gasteiger partial charge on any atom is -0.338 e. The van der Waals surface area contributed by atoms with E-state index in [9.17, 15) is 4.79 Å². The molecule has 1 aliphatic heterocycles. The third-order valence-corrected chi connectivity index (χ3v) is 5.69. The third-order valence-electron chi connectivity index (χ3n) is 5.69. The van der Waals surface area contributed by atoms with Gasteiger partial charge in [0.05, 0.1) is 16.9 Å². The second kappa shape index (κ2) is 7.17. The van der Waals surface area contributed by atoms with Crippen LogP contribution in [-0.4, -0.2) is 38.7 Å². The lowest BCUT2D eigenvalue weighted by Crippen LogP contribution is -2.33. The number of carbonyl (C=O) groups excluding carboxylic acids is 1. The summed E-state index contributed by atoms with van der Waals surface area (Å²) in [6.07, 6.45) is 3.34. The van der Waals surface area contributed by atoms with E-state index < -0.39 is 0 Å². The number of nitrogens with zero attached hydrogens (tertiary/aromatic N) is 4. The number of fused-ring (bicyclic) bond motifs is 2. The number of aryl methyl sites for hydroxylation is 1. The second-order valence-corrected chi connectivity index (χ2v) is 7.43. The van der Waals surface area contributed by atoms with Crippen LogP contribution < -0.4 is 0 Å². The Morgan fingerprint density at radius 2 is 1.76 bits per heavy atom. The van der Waals surface area contributed by atoms with Crippen molar-refractivity contribution in [3.63, 3.8) is 0 Å². The maximum Gasteiger partial charge on any atom is 0.254 e. The van der Waals surface area contributed by atoms with Crippen LogP contribution in [0.1, 0.15) is 21.6 Å². The highest BCUT2D eigenvalue weighted by Gasteiger charge is 2.25. The molecule has 0 saturated carbocycles. The van der Waals surface area contributed by atoms with Gasteiger partial charge >= 0.3 is 0 Å². The summed E-state index contributed by atoms with van der Waals surface area (Å²) in [5.74, 6) is 0.0689. The summed E-state index contributed by atoms with van der Waals surface area (Å²) in [4.78, 5) is 19.7. The topological polar surface area (TPSA) is 51.0 Å². The van der Waals surface area contributed by atoms with Crippen molar-refractivity contribution in [3.8, 4) is 11.3 Å². The molecule has 2 aromatic carbocycles. The van der Waals surface area contributed by atoms with Crippen molar-refractivity contribution in [1.82, 2.24) is 19.7 Å². The number of hydrogen-bond donors (Lipinski definition) is 0. The maximum absolute atomic E-state index is 13.3. The molecular weight excluding hydrogens is 360 g/mol. The molecular formula is C24H22N4O. The van der Waals surface area contributed by atoms with E-state index >= 15 is 0 Å². The molecule has 0 radical (unpaired) electrons. The quantitative estimate of drug-likeness (QED) is 0.529. The largest absolute Gasteiger partial charge is 0.338 e. The molecule has 0 aliphatic carbocycles. The Bertz CT molecular complexity index is 1190. The van der Waals surface area contributed by atoms with Crippen molar-refractivity contribution in [2.45, 2.75) is 12.8 Å². The zero-order valence-corrected chi connectivity index (χ0v) is 16.4. The summed E-state index contributed by atoms with van der Waals surface area (Å²) in [6, 6.07) is 20.0. The number of hydrogen-bond acceptors (Lipinski definition) is 3. The number of amides is 1. The van der Waals surface area contributed by atoms with E-state index in [4.69, 9.17) is 5.10 Å². The SMILES string of the molecule is Cn1nc2c(c1-c1ccccc1)CCN(C(=O)c1cccc3ncccc13)CC2. The van der Waals surface area contributed by atoms with Gasteiger partial charge in [0.2, 0.25) is 0 Å². The van der Waals surface area contributed by atoms with Crippen molar-refractivity contribution in [1.29, 1.82) is 0 Å². The van der Waals surface area contributed by atoms with Crippen molar-refractivity contribution < 1.29 is 4.79 Å². The fourth-order valence-electron chi connectivity index (χ4n) is 4.31. The Morgan fingerprint density at radius 3 is 2.62 bits per heavy atom. The molecule has 1 amide bonds. The van der Waals surface area contributed by atoms with E-state index in [1.165, 1.54) is 11.1 Å². The first-order valence-corrected chi connectivity index (χ1v) is 9.95. The van der Waals surface area contributed by atoms with Gasteiger partial charge in [-0.1, -0.05) is 42.5 Å². The van der Waals surface area contributed by atoms with E-state index in [2.05, 4.69) is 29.2 Å². The Hall–Kier alpha value is -3.47. The Balaban J connectivity index is 1.45. The van der Waals surface area contributed by atoms with Gasteiger partial charge in [-0.3, -0.25) is 14.5 Å². The highest BCUT2D eigenvalue weighted by atomic mass is 16.2. The molecule has 1 aliphatic rings. The molecule has 29 heavy (non-hydrogen) atoms. The van der Waals surface area contributed by atoms with Crippen LogP contribution in [0.15, 0.2) is 66.9 Å². The molecule has 0 unspecified atom stereocenters. The van der Waals surface area contributed by atoms with Crippen molar-refractivity contribution in [3.05, 3.63) is 83.7 Å². The van der Waals surface area contributed by atoms with Gasteiger partial charge in [-0.2, -0.15) is 5.10 Å². The van der Waals surface area contributed by atoms with Crippen LogP contribution in [0.2, 0.25) is 0 Å². The molecule has 2 aromatic heterocycles. The van der Waals surface area contributed by atoms with E-state index in [-0.39, 0.29) is 5.91 Å². The van der Waals surface area contributed by atoms with Gasteiger partial charge in [0.25, 0.3) is 5.91 Å². The number of carbonyl (C=O) groups is 1. The minimum absolute atomic E-state index is 0.0689. The number of aromatic nitrogens is 3. The molecule has 3 heterocycles. The van der Waals surface area contributed by atoms with Gasteiger partial charge in [0, 0.05) is 54.8 Å². The highest BCUT2D eigenvalue weighted by Crippen LogP contribution is 2.29. The molecule has 5 rings (SSSR count). The Labute approximate surface area is 169 Å². The summed E-state index contributed by atoms with van der Waals surface area (Å²) < 4.78 is 1.98. The second-order valence-electron chi connectivity index (χ2n) is 7.43. The third kappa shape index (κ3) is 3.09. The molecule has 0 saturated heterocycles. The van der Waals surface area contributed by atoms with Crippen LogP contribution in [0.5, 0.6) is 0 Å². The van der Waals surface area contributed by atoms with Gasteiger partial charge in [-0.25, -0.2) is 0 Å². The number of rotatable bonds is 2. The van der Waals surface area contributed by atoms with E-state index in [0.717, 1.165) is 40.7 Å². The normalized spacial score (nSPS) is 13.9. The number of benzene rings is 2. The zero-order valence-electron chi connectivity index (χ0n) is 16.4. The predicted molar refractivity (Wildman–Crippen MR) is 114 cm³/mol. The molecule has 144 valence electrons. The fourth-order valence-corrected chi connectivity index (χ4v) is 4.31. The van der Waals surface area contributed by atoms with E-state index in [0.29, 0.717) is 13.1 Å². The van der Waals surface area contributed by atoms with Crippen LogP contribution in [0.25, 0.3) is 22.2 Å². The number of pyridine rings is 1. The van der Waals surface area contributed by atoms with Gasteiger partial charge in [0.15, 0.2) is 0 Å². The van der Waals surface area contributed by atoms with Crippen molar-refractivity contribution >= 4 is 16.8 Å². The average molecular weight is 382 g/mol. The summed E-state index contributed by atoms with van der Waals surface area (Å²) in [7, 11) is 2.00. The van der Waals surface area contributed by atoms with Crippen LogP contribution >= 0.6 is 0 Å². The summed E-state index contributed by atoms with van der Waals surface area (Å²) in [5, 5.41) is 5.68. The van der Waals surface area contributed by atoms with Crippen molar-refractivity contribution in [2.24, 2.45) is 7.05 Å². The van der Waals surface area contributed by atoms with E-state index in [1.807, 2.05) is 53.0 Å². The first kappa shape index (κ1) is 17.6. The van der Waals surface area contributed by atoms with Crippen LogP contribution in [0.3, 0.4) is 0 Å². The maximum atomic E-state index is 13.3. The Kier molecular flexibility index (Phi) is 4.35. The van der Waals surface area contributed by atoms with Gasteiger partial charge in [-0.05, 0) is 24.6 Å². The Morgan fingerprint density at radius 1 is 0.931 bits per heavy atom. The lowest BCUT2D eigenvalue weighted by molar-refractivity contribution is 0.0764. The smallest absolute Gasteiger partial charge is 0.254 e. The van der Waals surface area contributed by atoms with Crippen LogP contribution in [0.4, 0.5) is 0 Å². The standard InChI is InChI=1S/C24H22N4O/c1-27-23(17-7-3-2-4-8-17)20-12-15-28(16-13-22(20)26-27)24(29)19-9-5-11-21-18(19)10-6-14-25-21/h2-11,14H,12-13,15-16H2,1H3. The molecule has 5 heteroatoms. The summed E-state index contributed by atoms with van der Waals surface area (Å²) in [5.41, 5.74) is 6.26. The van der Waals surface area contributed by atoms with Crippen LogP contribution in [0, 0.1) is 0 Å². The zero-order chi connectivity index (χ0) is 19.8. The predicted octanol–water partition coefficient (Wildman–Crippen LogP) is 3.88. The van der Waals surface area contributed by atoms with Gasteiger partial charge in [-0.15, -0.1) is 0 Å². The average Bonchev–Trinajstić information content (AvgIpc) is 2.94. The molecule has 4 aromatic rings. The lowest BCUT2D eigenvalue weighted by atomic mass is 10.0. The molecule has 0 spiro atoms.